The van der Waals surface area contributed by atoms with E-state index in [2.05, 4.69) is 52.4 Å². The van der Waals surface area contributed by atoms with E-state index < -0.39 is 0 Å². The van der Waals surface area contributed by atoms with Crippen LogP contribution in [-0.4, -0.2) is 46.6 Å². The fraction of sp³-hybridized carbons (Fsp3) is 0.318. The number of aryl methyl sites for hydroxylation is 1. The molecule has 2 heterocycles. The Kier molecular flexibility index (Phi) is 5.39. The van der Waals surface area contributed by atoms with Gasteiger partial charge in [-0.3, -0.25) is 14.8 Å². The maximum Gasteiger partial charge on any atom is 0.223 e. The normalized spacial score (nSPS) is 17.2. The molecule has 4 rings (SSSR count). The average molecular weight is 361 g/mol. The van der Waals surface area contributed by atoms with E-state index in [9.17, 15) is 4.79 Å². The molecule has 0 radical (unpaired) electrons. The van der Waals surface area contributed by atoms with Gasteiger partial charge >= 0.3 is 0 Å². The van der Waals surface area contributed by atoms with E-state index >= 15 is 0 Å². The monoisotopic (exact) mass is 361 g/mol. The number of carbonyl (C=O) groups is 1. The first-order valence-electron chi connectivity index (χ1n) is 9.40. The Labute approximate surface area is 159 Å². The Bertz CT molecular complexity index is 908. The minimum absolute atomic E-state index is 0.0324. The second-order valence-electron chi connectivity index (χ2n) is 6.87. The van der Waals surface area contributed by atoms with Crippen molar-refractivity contribution in [3.8, 4) is 0 Å². The van der Waals surface area contributed by atoms with Gasteiger partial charge in [-0.15, -0.1) is 0 Å². The molecule has 0 bridgehead atoms. The zero-order chi connectivity index (χ0) is 18.5. The van der Waals surface area contributed by atoms with Gasteiger partial charge in [0.2, 0.25) is 5.91 Å². The molecule has 2 aromatic carbocycles. The minimum Gasteiger partial charge on any atom is -0.374 e. The van der Waals surface area contributed by atoms with Crippen molar-refractivity contribution in [2.24, 2.45) is 0 Å². The van der Waals surface area contributed by atoms with Gasteiger partial charge in [-0.05, 0) is 22.8 Å². The number of fused-ring (bicyclic) bond motifs is 1. The van der Waals surface area contributed by atoms with Gasteiger partial charge in [0, 0.05) is 44.5 Å². The van der Waals surface area contributed by atoms with Crippen LogP contribution in [0.1, 0.15) is 17.7 Å². The van der Waals surface area contributed by atoms with Crippen molar-refractivity contribution in [2.75, 3.05) is 19.7 Å². The summed E-state index contributed by atoms with van der Waals surface area (Å²) < 4.78 is 5.96. The highest BCUT2D eigenvalue weighted by molar-refractivity contribution is 5.85. The van der Waals surface area contributed by atoms with Crippen LogP contribution in [0.3, 0.4) is 0 Å². The van der Waals surface area contributed by atoms with Gasteiger partial charge in [0.15, 0.2) is 0 Å². The second kappa shape index (κ2) is 8.27. The molecular weight excluding hydrogens is 338 g/mol. The van der Waals surface area contributed by atoms with E-state index in [1.807, 2.05) is 4.90 Å². The summed E-state index contributed by atoms with van der Waals surface area (Å²) in [6.07, 6.45) is 6.95. The number of hydrogen-bond donors (Lipinski definition) is 0. The fourth-order valence-corrected chi connectivity index (χ4v) is 3.64. The van der Waals surface area contributed by atoms with Crippen LogP contribution in [0, 0.1) is 0 Å². The van der Waals surface area contributed by atoms with Gasteiger partial charge < -0.3 is 9.64 Å². The van der Waals surface area contributed by atoms with Crippen LogP contribution in [0.5, 0.6) is 0 Å². The molecule has 1 aliphatic rings. The van der Waals surface area contributed by atoms with Gasteiger partial charge in [-0.1, -0.05) is 42.5 Å². The second-order valence-corrected chi connectivity index (χ2v) is 6.87. The summed E-state index contributed by atoms with van der Waals surface area (Å²) in [5.74, 6) is 0.159. The third-order valence-electron chi connectivity index (χ3n) is 5.03. The number of benzene rings is 2. The number of amides is 1. The van der Waals surface area contributed by atoms with Crippen molar-refractivity contribution < 1.29 is 9.53 Å². The van der Waals surface area contributed by atoms with Crippen molar-refractivity contribution >= 4 is 16.7 Å². The fourth-order valence-electron chi connectivity index (χ4n) is 3.64. The first kappa shape index (κ1) is 17.6. The van der Waals surface area contributed by atoms with Crippen LogP contribution in [-0.2, 0) is 22.4 Å². The van der Waals surface area contributed by atoms with Crippen molar-refractivity contribution in [3.63, 3.8) is 0 Å². The molecule has 1 aliphatic heterocycles. The highest BCUT2D eigenvalue weighted by Crippen LogP contribution is 2.22. The highest BCUT2D eigenvalue weighted by atomic mass is 16.5. The Morgan fingerprint density at radius 2 is 2.04 bits per heavy atom. The number of rotatable bonds is 5. The summed E-state index contributed by atoms with van der Waals surface area (Å²) in [6.45, 7) is 1.89. The molecule has 3 aromatic rings. The summed E-state index contributed by atoms with van der Waals surface area (Å²) in [4.78, 5) is 22.8. The molecule has 1 fully saturated rings. The summed E-state index contributed by atoms with van der Waals surface area (Å²) in [6, 6.07) is 14.8. The molecule has 1 atom stereocenters. The van der Waals surface area contributed by atoms with Crippen LogP contribution in [0.25, 0.3) is 10.8 Å². The van der Waals surface area contributed by atoms with Gasteiger partial charge in [0.05, 0.1) is 18.4 Å². The predicted octanol–water partition coefficient (Wildman–Crippen LogP) is 3.03. The SMILES string of the molecule is O=C(CCc1cnccn1)N1CCOC(Cc2cccc3ccccc23)C1. The molecule has 0 aliphatic carbocycles. The standard InChI is InChI=1S/C22H23N3O2/c26-22(9-8-19-15-23-10-11-24-19)25-12-13-27-20(16-25)14-18-6-3-5-17-4-1-2-7-21(17)18/h1-7,10-11,15,20H,8-9,12-14,16H2. The number of hydrogen-bond acceptors (Lipinski definition) is 4. The van der Waals surface area contributed by atoms with Crippen molar-refractivity contribution in [1.82, 2.24) is 14.9 Å². The lowest BCUT2D eigenvalue weighted by atomic mass is 9.99. The molecule has 27 heavy (non-hydrogen) atoms. The molecule has 5 nitrogen and oxygen atoms in total. The van der Waals surface area contributed by atoms with E-state index in [4.69, 9.17) is 4.74 Å². The van der Waals surface area contributed by atoms with E-state index in [1.54, 1.807) is 18.6 Å². The van der Waals surface area contributed by atoms with E-state index in [0.717, 1.165) is 12.1 Å². The quantitative estimate of drug-likeness (QED) is 0.701. The smallest absolute Gasteiger partial charge is 0.223 e. The van der Waals surface area contributed by atoms with Gasteiger partial charge in [0.1, 0.15) is 0 Å². The van der Waals surface area contributed by atoms with Crippen LogP contribution in [0.4, 0.5) is 0 Å². The highest BCUT2D eigenvalue weighted by Gasteiger charge is 2.24. The Hall–Kier alpha value is -2.79. The largest absolute Gasteiger partial charge is 0.374 e. The number of morpholine rings is 1. The first-order valence-corrected chi connectivity index (χ1v) is 9.40. The van der Waals surface area contributed by atoms with Crippen LogP contribution in [0.2, 0.25) is 0 Å². The molecule has 1 saturated heterocycles. The number of ether oxygens (including phenoxy) is 1. The Balaban J connectivity index is 1.38. The number of carbonyl (C=O) groups excluding carboxylic acids is 1. The van der Waals surface area contributed by atoms with Crippen LogP contribution in [0.15, 0.2) is 61.1 Å². The first-order chi connectivity index (χ1) is 13.3. The minimum atomic E-state index is 0.0324. The van der Waals surface area contributed by atoms with Gasteiger partial charge in [0.25, 0.3) is 0 Å². The summed E-state index contributed by atoms with van der Waals surface area (Å²) in [7, 11) is 0. The summed E-state index contributed by atoms with van der Waals surface area (Å²) >= 11 is 0. The van der Waals surface area contributed by atoms with E-state index in [1.165, 1.54) is 16.3 Å². The van der Waals surface area contributed by atoms with Gasteiger partial charge in [-0.2, -0.15) is 0 Å². The third kappa shape index (κ3) is 4.31. The summed E-state index contributed by atoms with van der Waals surface area (Å²) in [5, 5.41) is 2.50. The van der Waals surface area contributed by atoms with Crippen LogP contribution >= 0.6 is 0 Å². The summed E-state index contributed by atoms with van der Waals surface area (Å²) in [5.41, 5.74) is 2.12. The molecular formula is C22H23N3O2. The zero-order valence-corrected chi connectivity index (χ0v) is 15.3. The molecule has 5 heteroatoms. The van der Waals surface area contributed by atoms with E-state index in [-0.39, 0.29) is 12.0 Å². The topological polar surface area (TPSA) is 55.3 Å². The van der Waals surface area contributed by atoms with E-state index in [0.29, 0.717) is 32.5 Å². The lowest BCUT2D eigenvalue weighted by Gasteiger charge is -2.33. The Morgan fingerprint density at radius 3 is 2.93 bits per heavy atom. The molecule has 1 unspecified atom stereocenters. The third-order valence-corrected chi connectivity index (χ3v) is 5.03. The molecule has 0 N–H and O–H groups in total. The molecule has 1 aromatic heterocycles. The number of aromatic nitrogens is 2. The molecule has 138 valence electrons. The molecule has 0 saturated carbocycles. The van der Waals surface area contributed by atoms with Crippen molar-refractivity contribution in [2.45, 2.75) is 25.4 Å². The van der Waals surface area contributed by atoms with Crippen molar-refractivity contribution in [1.29, 1.82) is 0 Å². The van der Waals surface area contributed by atoms with Crippen molar-refractivity contribution in [3.05, 3.63) is 72.3 Å². The molecule has 1 amide bonds. The average Bonchev–Trinajstić information content (AvgIpc) is 2.73. The maximum atomic E-state index is 12.6. The lowest BCUT2D eigenvalue weighted by molar-refractivity contribution is -0.138. The van der Waals surface area contributed by atoms with Crippen LogP contribution < -0.4 is 0 Å². The maximum absolute atomic E-state index is 12.6. The molecule has 0 spiro atoms. The Morgan fingerprint density at radius 1 is 1.15 bits per heavy atom. The predicted molar refractivity (Wildman–Crippen MR) is 104 cm³/mol. The zero-order valence-electron chi connectivity index (χ0n) is 15.3. The lowest BCUT2D eigenvalue weighted by Crippen LogP contribution is -2.46. The number of nitrogens with zero attached hydrogens (tertiary/aromatic N) is 3. The van der Waals surface area contributed by atoms with Gasteiger partial charge in [-0.25, -0.2) is 0 Å².